The predicted octanol–water partition coefficient (Wildman–Crippen LogP) is 4.36. The van der Waals surface area contributed by atoms with Crippen LogP contribution in [0.2, 0.25) is 0 Å². The predicted molar refractivity (Wildman–Crippen MR) is 110 cm³/mol. The molecule has 26 heavy (non-hydrogen) atoms. The molecule has 1 heterocycles. The van der Waals surface area contributed by atoms with E-state index in [2.05, 4.69) is 30.0 Å². The molecule has 1 aromatic heterocycles. The first kappa shape index (κ1) is 19.4. The van der Waals surface area contributed by atoms with Crippen LogP contribution in [0.3, 0.4) is 0 Å². The molecular weight excluding hydrogens is 364 g/mol. The van der Waals surface area contributed by atoms with Crippen LogP contribution in [0.1, 0.15) is 49.1 Å². The quantitative estimate of drug-likeness (QED) is 0.702. The summed E-state index contributed by atoms with van der Waals surface area (Å²) < 4.78 is 28.4. The Hall–Kier alpha value is -1.37. The second-order valence-corrected chi connectivity index (χ2v) is 10.0. The molecule has 2 aromatic rings. The molecule has 1 aliphatic carbocycles. The Kier molecular flexibility index (Phi) is 6.37. The Balaban J connectivity index is 1.70. The zero-order valence-electron chi connectivity index (χ0n) is 15.5. The maximum Gasteiger partial charge on any atom is 0.271 e. The lowest BCUT2D eigenvalue weighted by Gasteiger charge is -2.26. The van der Waals surface area contributed by atoms with Crippen LogP contribution < -0.4 is 10.0 Å². The van der Waals surface area contributed by atoms with Gasteiger partial charge in [0.1, 0.15) is 4.21 Å². The number of hydrogen-bond donors (Lipinski definition) is 2. The molecule has 1 atom stereocenters. The number of hydrogen-bond acceptors (Lipinski definition) is 4. The lowest BCUT2D eigenvalue weighted by atomic mass is 9.88. The van der Waals surface area contributed by atoms with Gasteiger partial charge in [-0.3, -0.25) is 4.72 Å². The maximum absolute atomic E-state index is 12.6. The lowest BCUT2D eigenvalue weighted by Crippen LogP contribution is -2.35. The highest BCUT2D eigenvalue weighted by Gasteiger charge is 2.20. The van der Waals surface area contributed by atoms with Crippen LogP contribution in [0.5, 0.6) is 0 Å². The number of sulfonamides is 1. The van der Waals surface area contributed by atoms with Crippen molar-refractivity contribution in [2.75, 3.05) is 11.3 Å². The van der Waals surface area contributed by atoms with Crippen LogP contribution in [0.25, 0.3) is 0 Å². The summed E-state index contributed by atoms with van der Waals surface area (Å²) in [6.45, 7) is 5.33. The molecule has 0 unspecified atom stereocenters. The van der Waals surface area contributed by atoms with Crippen LogP contribution in [-0.2, 0) is 29.3 Å². The number of rotatable bonds is 8. The monoisotopic (exact) mass is 392 g/mol. The van der Waals surface area contributed by atoms with Crippen molar-refractivity contribution in [3.05, 3.63) is 46.3 Å². The van der Waals surface area contributed by atoms with Gasteiger partial charge < -0.3 is 5.32 Å². The molecule has 0 bridgehead atoms. The van der Waals surface area contributed by atoms with Crippen molar-refractivity contribution >= 4 is 27.0 Å². The van der Waals surface area contributed by atoms with Crippen molar-refractivity contribution in [3.8, 4) is 0 Å². The molecule has 0 spiro atoms. The average Bonchev–Trinajstić information content (AvgIpc) is 3.09. The summed E-state index contributed by atoms with van der Waals surface area (Å²) in [5, 5.41) is 3.59. The summed E-state index contributed by atoms with van der Waals surface area (Å²) >= 11 is 1.36. The van der Waals surface area contributed by atoms with E-state index in [1.54, 1.807) is 6.07 Å². The Bertz CT molecular complexity index is 843. The zero-order valence-corrected chi connectivity index (χ0v) is 17.2. The molecular formula is C20H28N2O2S2. The minimum absolute atomic E-state index is 0.391. The highest BCUT2D eigenvalue weighted by Crippen LogP contribution is 2.28. The summed E-state index contributed by atoms with van der Waals surface area (Å²) in [6, 6.07) is 10.1. The molecule has 3 rings (SSSR count). The first-order chi connectivity index (χ1) is 12.5. The van der Waals surface area contributed by atoms with E-state index in [4.69, 9.17) is 0 Å². The van der Waals surface area contributed by atoms with E-state index in [1.807, 2.05) is 18.2 Å². The van der Waals surface area contributed by atoms with Crippen LogP contribution in [0, 0.1) is 0 Å². The third-order valence-corrected chi connectivity index (χ3v) is 7.79. The molecule has 0 saturated carbocycles. The van der Waals surface area contributed by atoms with E-state index in [9.17, 15) is 8.42 Å². The Morgan fingerprint density at radius 2 is 1.96 bits per heavy atom. The summed E-state index contributed by atoms with van der Waals surface area (Å²) in [5.41, 5.74) is 3.25. The second-order valence-electron chi connectivity index (χ2n) is 6.95. The van der Waals surface area contributed by atoms with Crippen molar-refractivity contribution < 1.29 is 8.42 Å². The van der Waals surface area contributed by atoms with Gasteiger partial charge in [-0.25, -0.2) is 8.42 Å². The Morgan fingerprint density at radius 1 is 1.12 bits per heavy atom. The summed E-state index contributed by atoms with van der Waals surface area (Å²) in [5.74, 6) is 0. The number of anilines is 1. The molecule has 4 nitrogen and oxygen atoms in total. The molecule has 0 radical (unpaired) electrons. The third-order valence-electron chi connectivity index (χ3n) is 4.77. The molecule has 142 valence electrons. The number of nitrogens with one attached hydrogen (secondary N) is 2. The third kappa shape index (κ3) is 4.67. The molecule has 2 N–H and O–H groups in total. The lowest BCUT2D eigenvalue weighted by molar-refractivity contribution is 0.459. The van der Waals surface area contributed by atoms with Crippen LogP contribution in [-0.4, -0.2) is 21.0 Å². The van der Waals surface area contributed by atoms with Gasteiger partial charge in [-0.1, -0.05) is 26.3 Å². The minimum atomic E-state index is -3.50. The van der Waals surface area contributed by atoms with Gasteiger partial charge in [0.05, 0.1) is 0 Å². The van der Waals surface area contributed by atoms with Crippen molar-refractivity contribution in [1.29, 1.82) is 0 Å². The SMILES string of the molecule is CCCN[C@H]1CCc2cc(NS(=O)(=O)c3ccc(CCC)s3)ccc2C1. The molecule has 0 amide bonds. The summed E-state index contributed by atoms with van der Waals surface area (Å²) in [6.07, 6.45) is 6.21. The molecule has 1 aromatic carbocycles. The van der Waals surface area contributed by atoms with E-state index in [1.165, 1.54) is 22.5 Å². The van der Waals surface area contributed by atoms with E-state index < -0.39 is 10.0 Å². The number of fused-ring (bicyclic) bond motifs is 1. The van der Waals surface area contributed by atoms with E-state index in [0.717, 1.165) is 49.9 Å². The van der Waals surface area contributed by atoms with Crippen LogP contribution >= 0.6 is 11.3 Å². The van der Waals surface area contributed by atoms with Gasteiger partial charge in [0.25, 0.3) is 10.0 Å². The molecule has 6 heteroatoms. The molecule has 0 aliphatic heterocycles. The Labute approximate surface area is 161 Å². The fraction of sp³-hybridized carbons (Fsp3) is 0.500. The minimum Gasteiger partial charge on any atom is -0.314 e. The summed E-state index contributed by atoms with van der Waals surface area (Å²) in [7, 11) is -3.50. The maximum atomic E-state index is 12.6. The van der Waals surface area contributed by atoms with Gasteiger partial charge in [-0.2, -0.15) is 0 Å². The normalized spacial score (nSPS) is 17.1. The number of benzene rings is 1. The van der Waals surface area contributed by atoms with Crippen molar-refractivity contribution in [3.63, 3.8) is 0 Å². The van der Waals surface area contributed by atoms with Crippen molar-refractivity contribution in [2.45, 2.75) is 62.6 Å². The average molecular weight is 393 g/mol. The summed E-state index contributed by atoms with van der Waals surface area (Å²) in [4.78, 5) is 1.11. The van der Waals surface area contributed by atoms with E-state index in [-0.39, 0.29) is 0 Å². The van der Waals surface area contributed by atoms with Gasteiger partial charge >= 0.3 is 0 Å². The fourth-order valence-electron chi connectivity index (χ4n) is 3.43. The molecule has 1 aliphatic rings. The highest BCUT2D eigenvalue weighted by molar-refractivity contribution is 7.94. The van der Waals surface area contributed by atoms with Crippen molar-refractivity contribution in [2.24, 2.45) is 0 Å². The largest absolute Gasteiger partial charge is 0.314 e. The first-order valence-electron chi connectivity index (χ1n) is 9.48. The second kappa shape index (κ2) is 8.55. The van der Waals surface area contributed by atoms with Gasteiger partial charge in [-0.15, -0.1) is 11.3 Å². The molecule has 0 saturated heterocycles. The van der Waals surface area contributed by atoms with Crippen LogP contribution in [0.4, 0.5) is 5.69 Å². The van der Waals surface area contributed by atoms with Gasteiger partial charge in [0, 0.05) is 16.6 Å². The Morgan fingerprint density at radius 3 is 2.73 bits per heavy atom. The van der Waals surface area contributed by atoms with Gasteiger partial charge in [-0.05, 0) is 74.0 Å². The van der Waals surface area contributed by atoms with E-state index >= 15 is 0 Å². The standard InChI is InChI=1S/C20H28N2O2S2/c1-3-5-19-10-11-20(25-19)26(23,24)22-18-9-7-15-13-17(21-12-4-2)8-6-16(15)14-18/h7,9-11,14,17,21-22H,3-6,8,12-13H2,1-2H3/t17-/m0/s1. The van der Waals surface area contributed by atoms with Crippen LogP contribution in [0.15, 0.2) is 34.5 Å². The van der Waals surface area contributed by atoms with Crippen molar-refractivity contribution in [1.82, 2.24) is 5.32 Å². The van der Waals surface area contributed by atoms with E-state index in [0.29, 0.717) is 15.9 Å². The highest BCUT2D eigenvalue weighted by atomic mass is 32.2. The fourth-order valence-corrected chi connectivity index (χ4v) is 5.94. The zero-order chi connectivity index (χ0) is 18.6. The number of thiophene rings is 1. The van der Waals surface area contributed by atoms with Gasteiger partial charge in [0.2, 0.25) is 0 Å². The first-order valence-corrected chi connectivity index (χ1v) is 11.8. The topological polar surface area (TPSA) is 58.2 Å². The van der Waals surface area contributed by atoms with Gasteiger partial charge in [0.15, 0.2) is 0 Å². The number of aryl methyl sites for hydroxylation is 2. The molecule has 0 fully saturated rings. The smallest absolute Gasteiger partial charge is 0.271 e.